The Morgan fingerprint density at radius 1 is 0.964 bits per heavy atom. The van der Waals surface area contributed by atoms with Crippen LogP contribution >= 0.6 is 11.6 Å². The molecule has 4 aromatic rings. The van der Waals surface area contributed by atoms with Crippen LogP contribution in [0, 0.1) is 0 Å². The summed E-state index contributed by atoms with van der Waals surface area (Å²) in [4.78, 5) is 17.1. The normalized spacial score (nSPS) is 13.2. The minimum absolute atomic E-state index is 0.191. The summed E-state index contributed by atoms with van der Waals surface area (Å²) in [5, 5.41) is 18.2. The van der Waals surface area contributed by atoms with Crippen LogP contribution in [0.4, 0.5) is 0 Å². The molecule has 0 saturated carbocycles. The molecule has 0 radical (unpaired) electrons. The molecule has 0 fully saturated rings. The molecule has 2 N–H and O–H groups in total. The zero-order valence-electron chi connectivity index (χ0n) is 14.7. The average Bonchev–Trinajstić information content (AvgIpc) is 3.16. The lowest BCUT2D eigenvalue weighted by molar-refractivity contribution is 0.0827. The summed E-state index contributed by atoms with van der Waals surface area (Å²) in [5.74, 6) is -0.412. The van der Waals surface area contributed by atoms with Crippen LogP contribution in [-0.4, -0.2) is 25.6 Å². The van der Waals surface area contributed by atoms with Crippen molar-refractivity contribution in [2.45, 2.75) is 12.1 Å². The molecule has 4 rings (SSSR count). The summed E-state index contributed by atoms with van der Waals surface area (Å²) in [6.45, 7) is 0. The van der Waals surface area contributed by atoms with Crippen molar-refractivity contribution in [3.63, 3.8) is 0 Å². The van der Waals surface area contributed by atoms with Crippen LogP contribution in [0.5, 0.6) is 0 Å². The number of aliphatic hydroxyl groups is 1. The van der Waals surface area contributed by atoms with Crippen LogP contribution in [-0.2, 0) is 0 Å². The summed E-state index contributed by atoms with van der Waals surface area (Å²) < 4.78 is 1.45. The molecule has 0 aliphatic heterocycles. The molecule has 0 aliphatic rings. The molecule has 2 heterocycles. The molecule has 0 unspecified atom stereocenters. The highest BCUT2D eigenvalue weighted by Gasteiger charge is 2.26. The third kappa shape index (κ3) is 3.74. The van der Waals surface area contributed by atoms with E-state index in [1.54, 1.807) is 12.1 Å². The molecule has 0 spiro atoms. The van der Waals surface area contributed by atoms with Crippen LogP contribution in [0.25, 0.3) is 5.65 Å². The lowest BCUT2D eigenvalue weighted by Crippen LogP contribution is -2.33. The fraction of sp³-hybridized carbons (Fsp3) is 0.0952. The lowest BCUT2D eigenvalue weighted by atomic mass is 9.95. The lowest BCUT2D eigenvalue weighted by Gasteiger charge is -2.24. The van der Waals surface area contributed by atoms with Crippen LogP contribution in [0.2, 0.25) is 5.15 Å². The molecule has 140 valence electrons. The van der Waals surface area contributed by atoms with Crippen molar-refractivity contribution in [3.8, 4) is 0 Å². The Morgan fingerprint density at radius 3 is 2.29 bits per heavy atom. The maximum Gasteiger partial charge on any atom is 0.272 e. The van der Waals surface area contributed by atoms with E-state index >= 15 is 0 Å². The number of nitrogens with zero attached hydrogens (tertiary/aromatic N) is 3. The van der Waals surface area contributed by atoms with Gasteiger partial charge in [-0.2, -0.15) is 5.10 Å². The highest BCUT2D eigenvalue weighted by atomic mass is 35.5. The fourth-order valence-electron chi connectivity index (χ4n) is 3.03. The highest BCUT2D eigenvalue weighted by Crippen LogP contribution is 2.29. The SMILES string of the molecule is O=C(N[C@H](c1ccccc1)[C@@H](O)c1ccccc1)c1cn2nc(Cl)ccc2n1. The van der Waals surface area contributed by atoms with Crippen LogP contribution < -0.4 is 5.32 Å². The summed E-state index contributed by atoms with van der Waals surface area (Å²) in [7, 11) is 0. The van der Waals surface area contributed by atoms with Gasteiger partial charge in [0.05, 0.1) is 12.2 Å². The first-order chi connectivity index (χ1) is 13.6. The first-order valence-electron chi connectivity index (χ1n) is 8.72. The zero-order valence-corrected chi connectivity index (χ0v) is 15.5. The molecule has 7 heteroatoms. The van der Waals surface area contributed by atoms with E-state index in [2.05, 4.69) is 15.4 Å². The number of fused-ring (bicyclic) bond motifs is 1. The predicted molar refractivity (Wildman–Crippen MR) is 106 cm³/mol. The minimum Gasteiger partial charge on any atom is -0.386 e. The Hall–Kier alpha value is -3.22. The van der Waals surface area contributed by atoms with Crippen LogP contribution in [0.15, 0.2) is 79.0 Å². The largest absolute Gasteiger partial charge is 0.386 e. The Kier molecular flexibility index (Phi) is 5.06. The molecule has 0 aliphatic carbocycles. The van der Waals surface area contributed by atoms with Crippen molar-refractivity contribution >= 4 is 23.2 Å². The van der Waals surface area contributed by atoms with Crippen molar-refractivity contribution in [2.75, 3.05) is 0 Å². The number of carbonyl (C=O) groups excluding carboxylic acids is 1. The first-order valence-corrected chi connectivity index (χ1v) is 9.10. The van der Waals surface area contributed by atoms with Gasteiger partial charge in [-0.05, 0) is 23.3 Å². The van der Waals surface area contributed by atoms with Gasteiger partial charge in [-0.15, -0.1) is 0 Å². The molecule has 2 aromatic heterocycles. The number of benzene rings is 2. The first kappa shape index (κ1) is 18.2. The molecule has 1 amide bonds. The number of aromatic nitrogens is 3. The van der Waals surface area contributed by atoms with Crippen molar-refractivity contribution < 1.29 is 9.90 Å². The van der Waals surface area contributed by atoms with Gasteiger partial charge in [-0.1, -0.05) is 72.3 Å². The zero-order chi connectivity index (χ0) is 19.5. The number of aliphatic hydroxyl groups excluding tert-OH is 1. The Bertz CT molecular complexity index is 1100. The van der Waals surface area contributed by atoms with Crippen molar-refractivity contribution in [1.29, 1.82) is 0 Å². The van der Waals surface area contributed by atoms with Gasteiger partial charge in [0.2, 0.25) is 0 Å². The number of hydrogen-bond donors (Lipinski definition) is 2. The topological polar surface area (TPSA) is 79.5 Å². The van der Waals surface area contributed by atoms with Crippen LogP contribution in [0.1, 0.15) is 33.8 Å². The van der Waals surface area contributed by atoms with Crippen LogP contribution in [0.3, 0.4) is 0 Å². The Balaban J connectivity index is 1.65. The monoisotopic (exact) mass is 392 g/mol. The van der Waals surface area contributed by atoms with Gasteiger partial charge in [-0.25, -0.2) is 9.50 Å². The molecule has 6 nitrogen and oxygen atoms in total. The number of carbonyl (C=O) groups is 1. The number of imidazole rings is 1. The summed E-state index contributed by atoms with van der Waals surface area (Å²) in [6, 6.07) is 21.2. The molecular weight excluding hydrogens is 376 g/mol. The number of nitrogens with one attached hydrogen (secondary N) is 1. The molecule has 0 bridgehead atoms. The van der Waals surface area contributed by atoms with Gasteiger partial charge < -0.3 is 10.4 Å². The molecule has 2 atom stereocenters. The second-order valence-electron chi connectivity index (χ2n) is 6.30. The van der Waals surface area contributed by atoms with Gasteiger partial charge in [0.1, 0.15) is 17.0 Å². The average molecular weight is 393 g/mol. The van der Waals surface area contributed by atoms with Gasteiger partial charge in [0.25, 0.3) is 5.91 Å². The summed E-state index contributed by atoms with van der Waals surface area (Å²) >= 11 is 5.89. The third-order valence-corrected chi connectivity index (χ3v) is 4.62. The number of hydrogen-bond acceptors (Lipinski definition) is 4. The number of rotatable bonds is 5. The van der Waals surface area contributed by atoms with E-state index in [9.17, 15) is 9.90 Å². The van der Waals surface area contributed by atoms with E-state index in [0.717, 1.165) is 5.56 Å². The van der Waals surface area contributed by atoms with Gasteiger partial charge >= 0.3 is 0 Å². The van der Waals surface area contributed by atoms with E-state index in [1.165, 1.54) is 10.7 Å². The van der Waals surface area contributed by atoms with Gasteiger partial charge in [0.15, 0.2) is 5.65 Å². The minimum atomic E-state index is -0.919. The van der Waals surface area contributed by atoms with Crippen molar-refractivity contribution in [1.82, 2.24) is 19.9 Å². The number of halogens is 1. The van der Waals surface area contributed by atoms with Gasteiger partial charge in [-0.3, -0.25) is 4.79 Å². The van der Waals surface area contributed by atoms with E-state index in [1.807, 2.05) is 60.7 Å². The second-order valence-corrected chi connectivity index (χ2v) is 6.69. The molecular formula is C21H17ClN4O2. The maximum atomic E-state index is 12.9. The van der Waals surface area contributed by atoms with E-state index in [-0.39, 0.29) is 5.69 Å². The summed E-state index contributed by atoms with van der Waals surface area (Å²) in [5.41, 5.74) is 2.20. The molecule has 2 aromatic carbocycles. The third-order valence-electron chi connectivity index (χ3n) is 4.42. The number of amides is 1. The molecule has 28 heavy (non-hydrogen) atoms. The predicted octanol–water partition coefficient (Wildman–Crippen LogP) is 3.59. The van der Waals surface area contributed by atoms with E-state index in [0.29, 0.717) is 16.4 Å². The van der Waals surface area contributed by atoms with E-state index < -0.39 is 18.1 Å². The maximum absolute atomic E-state index is 12.9. The van der Waals surface area contributed by atoms with Crippen molar-refractivity contribution in [3.05, 3.63) is 101 Å². The quantitative estimate of drug-likeness (QED) is 0.544. The molecule has 0 saturated heterocycles. The second kappa shape index (κ2) is 7.80. The van der Waals surface area contributed by atoms with Crippen molar-refractivity contribution in [2.24, 2.45) is 0 Å². The highest BCUT2D eigenvalue weighted by molar-refractivity contribution is 6.29. The van der Waals surface area contributed by atoms with E-state index in [4.69, 9.17) is 11.6 Å². The van der Waals surface area contributed by atoms with Gasteiger partial charge in [0, 0.05) is 0 Å². The fourth-order valence-corrected chi connectivity index (χ4v) is 3.18. The smallest absolute Gasteiger partial charge is 0.272 e. The Labute approximate surface area is 166 Å². The summed E-state index contributed by atoms with van der Waals surface area (Å²) in [6.07, 6.45) is 0.588. The Morgan fingerprint density at radius 2 is 1.61 bits per heavy atom. The standard InChI is InChI=1S/C21H17ClN4O2/c22-17-11-12-18-23-16(13-26(18)25-17)21(28)24-19(14-7-3-1-4-8-14)20(27)15-9-5-2-6-10-15/h1-13,19-20,27H,(H,24,28)/t19-,20+/m1/s1.